The Morgan fingerprint density at radius 1 is 1.17 bits per heavy atom. The number of aryl methyl sites for hydroxylation is 1. The summed E-state index contributed by atoms with van der Waals surface area (Å²) in [6.45, 7) is 9.39. The van der Waals surface area contributed by atoms with E-state index >= 15 is 0 Å². The summed E-state index contributed by atoms with van der Waals surface area (Å²) in [4.78, 5) is 27.3. The van der Waals surface area contributed by atoms with Crippen molar-refractivity contribution in [2.45, 2.75) is 26.1 Å². The van der Waals surface area contributed by atoms with Gasteiger partial charge < -0.3 is 25.0 Å². The van der Waals surface area contributed by atoms with E-state index in [1.807, 2.05) is 30.9 Å². The summed E-state index contributed by atoms with van der Waals surface area (Å²) in [5.74, 6) is 3.27. The normalized spacial score (nSPS) is 14.0. The highest BCUT2D eigenvalue weighted by atomic mass is 32.2. The largest absolute Gasteiger partial charge is 0.369 e. The van der Waals surface area contributed by atoms with Gasteiger partial charge in [0.05, 0.1) is 23.6 Å². The molecule has 4 heterocycles. The van der Waals surface area contributed by atoms with Crippen LogP contribution in [0.2, 0.25) is 0 Å². The number of nitrogens with one attached hydrogen (secondary N) is 2. The quantitative estimate of drug-likeness (QED) is 0.151. The number of pyridine rings is 1. The molecule has 0 saturated carbocycles. The minimum Gasteiger partial charge on any atom is -0.369 e. The summed E-state index contributed by atoms with van der Waals surface area (Å²) in [6, 6.07) is 12.9. The third kappa shape index (κ3) is 6.79. The summed E-state index contributed by atoms with van der Waals surface area (Å²) < 4.78 is 24.2. The zero-order valence-corrected chi connectivity index (χ0v) is 24.8. The molecule has 12 nitrogen and oxygen atoms in total. The zero-order valence-electron chi connectivity index (χ0n) is 24.0. The Bertz CT molecular complexity index is 1700. The van der Waals surface area contributed by atoms with Gasteiger partial charge in [0.25, 0.3) is 5.56 Å². The minimum absolute atomic E-state index is 0.0549. The molecular formula is C29H35N9O3S. The molecule has 0 radical (unpaired) electrons. The molecule has 0 amide bonds. The van der Waals surface area contributed by atoms with E-state index in [1.165, 1.54) is 4.57 Å². The summed E-state index contributed by atoms with van der Waals surface area (Å²) in [5, 5.41) is 11.7. The summed E-state index contributed by atoms with van der Waals surface area (Å²) in [5.41, 5.74) is 3.46. The van der Waals surface area contributed by atoms with Crippen molar-refractivity contribution in [1.82, 2.24) is 34.5 Å². The SMILES string of the molecule is CCN(C#Cc1cc2cnc(Nc3ccc(N4CCNCC4)cc3)nc2n(Cc2nn(C)cc2CS(=O)O)c1=O)CC. The number of piperazine rings is 1. The maximum atomic E-state index is 13.8. The van der Waals surface area contributed by atoms with E-state index in [0.29, 0.717) is 33.8 Å². The van der Waals surface area contributed by atoms with E-state index in [9.17, 15) is 13.6 Å². The molecule has 220 valence electrons. The monoisotopic (exact) mass is 589 g/mol. The second kappa shape index (κ2) is 13.2. The van der Waals surface area contributed by atoms with Gasteiger partial charge in [-0.2, -0.15) is 10.1 Å². The molecule has 1 unspecified atom stereocenters. The Hall–Kier alpha value is -4.25. The van der Waals surface area contributed by atoms with Crippen molar-refractivity contribution in [3.63, 3.8) is 0 Å². The molecule has 42 heavy (non-hydrogen) atoms. The number of fused-ring (bicyclic) bond motifs is 1. The highest BCUT2D eigenvalue weighted by Crippen LogP contribution is 2.22. The Morgan fingerprint density at radius 2 is 1.90 bits per heavy atom. The lowest BCUT2D eigenvalue weighted by molar-refractivity contribution is 0.444. The van der Waals surface area contributed by atoms with Gasteiger partial charge in [0.1, 0.15) is 5.65 Å². The number of anilines is 3. The number of aromatic nitrogens is 5. The molecule has 1 aliphatic rings. The molecule has 3 aromatic heterocycles. The average molecular weight is 590 g/mol. The van der Waals surface area contributed by atoms with Gasteiger partial charge in [-0.3, -0.25) is 14.0 Å². The summed E-state index contributed by atoms with van der Waals surface area (Å²) >= 11 is -2.06. The number of hydrogen-bond acceptors (Lipinski definition) is 9. The van der Waals surface area contributed by atoms with Crippen LogP contribution in [0.25, 0.3) is 11.0 Å². The Morgan fingerprint density at radius 3 is 2.60 bits per heavy atom. The Labute approximate surface area is 247 Å². The fourth-order valence-electron chi connectivity index (χ4n) is 4.90. The lowest BCUT2D eigenvalue weighted by atomic mass is 10.2. The predicted octanol–water partition coefficient (Wildman–Crippen LogP) is 2.10. The minimum atomic E-state index is -2.06. The number of rotatable bonds is 9. The molecule has 0 spiro atoms. The summed E-state index contributed by atoms with van der Waals surface area (Å²) in [7, 11) is 1.73. The van der Waals surface area contributed by atoms with Gasteiger partial charge >= 0.3 is 0 Å². The molecule has 3 N–H and O–H groups in total. The third-order valence-electron chi connectivity index (χ3n) is 7.12. The molecule has 0 bridgehead atoms. The molecule has 1 aromatic carbocycles. The van der Waals surface area contributed by atoms with Gasteiger partial charge in [0.15, 0.2) is 11.1 Å². The number of benzene rings is 1. The van der Waals surface area contributed by atoms with Crippen LogP contribution in [-0.4, -0.2) is 77.2 Å². The molecule has 0 aliphatic carbocycles. The first-order valence-corrected chi connectivity index (χ1v) is 15.2. The zero-order chi connectivity index (χ0) is 29.6. The van der Waals surface area contributed by atoms with Gasteiger partial charge in [-0.05, 0) is 50.1 Å². The van der Waals surface area contributed by atoms with E-state index in [-0.39, 0.29) is 17.9 Å². The van der Waals surface area contributed by atoms with Crippen LogP contribution in [0.1, 0.15) is 30.7 Å². The van der Waals surface area contributed by atoms with Crippen LogP contribution in [0.5, 0.6) is 0 Å². The maximum Gasteiger partial charge on any atom is 0.268 e. The second-order valence-electron chi connectivity index (χ2n) is 9.98. The molecule has 1 fully saturated rings. The fraction of sp³-hybridized carbons (Fsp3) is 0.379. The van der Waals surface area contributed by atoms with E-state index in [1.54, 1.807) is 30.2 Å². The van der Waals surface area contributed by atoms with E-state index in [0.717, 1.165) is 50.6 Å². The van der Waals surface area contributed by atoms with Crippen LogP contribution in [0.4, 0.5) is 17.3 Å². The van der Waals surface area contributed by atoms with Gasteiger partial charge in [-0.25, -0.2) is 9.19 Å². The van der Waals surface area contributed by atoms with Crippen molar-refractivity contribution in [2.75, 3.05) is 49.5 Å². The highest BCUT2D eigenvalue weighted by molar-refractivity contribution is 7.78. The second-order valence-corrected chi connectivity index (χ2v) is 10.9. The number of hydrogen-bond donors (Lipinski definition) is 3. The van der Waals surface area contributed by atoms with Crippen molar-refractivity contribution in [1.29, 1.82) is 0 Å². The molecule has 1 aliphatic heterocycles. The van der Waals surface area contributed by atoms with E-state index < -0.39 is 11.1 Å². The Kier molecular flexibility index (Phi) is 9.16. The number of nitrogens with zero attached hydrogens (tertiary/aromatic N) is 7. The van der Waals surface area contributed by atoms with E-state index in [2.05, 4.69) is 49.7 Å². The van der Waals surface area contributed by atoms with Crippen LogP contribution in [0.3, 0.4) is 0 Å². The standard InChI is InChI=1S/C29H35N9O3S/c1-4-36(5-2)13-10-21-16-22-17-31-29(32-24-6-8-25(9-7-24)37-14-11-30-12-15-37)33-27(22)38(28(21)39)19-26-23(20-42(40)41)18-35(3)34-26/h6-9,16-18,30H,4-5,11-12,14-15,19-20H2,1-3H3,(H,40,41)(H,31,32,33). The first-order valence-electron chi connectivity index (χ1n) is 13.9. The van der Waals surface area contributed by atoms with Crippen molar-refractivity contribution in [3.8, 4) is 12.0 Å². The van der Waals surface area contributed by atoms with E-state index in [4.69, 9.17) is 4.98 Å². The van der Waals surface area contributed by atoms with Crippen LogP contribution >= 0.6 is 0 Å². The van der Waals surface area contributed by atoms with Crippen LogP contribution in [-0.2, 0) is 30.4 Å². The molecule has 1 saturated heterocycles. The Balaban J connectivity index is 1.53. The molecule has 13 heteroatoms. The van der Waals surface area contributed by atoms with Gasteiger partial charge in [-0.1, -0.05) is 0 Å². The molecular weight excluding hydrogens is 554 g/mol. The average Bonchev–Trinajstić information content (AvgIpc) is 3.33. The lowest BCUT2D eigenvalue weighted by Crippen LogP contribution is -2.43. The molecule has 1 atom stereocenters. The first kappa shape index (κ1) is 29.2. The fourth-order valence-corrected chi connectivity index (χ4v) is 5.41. The first-order chi connectivity index (χ1) is 20.3. The molecule has 5 rings (SSSR count). The maximum absolute atomic E-state index is 13.8. The lowest BCUT2D eigenvalue weighted by Gasteiger charge is -2.29. The smallest absolute Gasteiger partial charge is 0.268 e. The highest BCUT2D eigenvalue weighted by Gasteiger charge is 2.17. The van der Waals surface area contributed by atoms with Crippen molar-refractivity contribution in [3.05, 3.63) is 69.9 Å². The topological polar surface area (TPSA) is 133 Å². The van der Waals surface area contributed by atoms with Crippen molar-refractivity contribution < 1.29 is 8.76 Å². The van der Waals surface area contributed by atoms with Crippen LogP contribution < -0.4 is 21.1 Å². The van der Waals surface area contributed by atoms with Gasteiger partial charge in [0, 0.05) is 87.1 Å². The van der Waals surface area contributed by atoms with Crippen LogP contribution in [0, 0.1) is 12.0 Å². The third-order valence-corrected chi connectivity index (χ3v) is 7.68. The summed E-state index contributed by atoms with van der Waals surface area (Å²) in [6.07, 6.45) is 3.35. The predicted molar refractivity (Wildman–Crippen MR) is 165 cm³/mol. The van der Waals surface area contributed by atoms with Crippen LogP contribution in [0.15, 0.2) is 47.5 Å². The van der Waals surface area contributed by atoms with Gasteiger partial charge in [0.2, 0.25) is 5.95 Å². The van der Waals surface area contributed by atoms with Crippen molar-refractivity contribution >= 4 is 39.4 Å². The van der Waals surface area contributed by atoms with Crippen molar-refractivity contribution in [2.24, 2.45) is 7.05 Å². The van der Waals surface area contributed by atoms with Gasteiger partial charge in [-0.15, -0.1) is 0 Å². The molecule has 4 aromatic rings.